The first-order valence-electron chi connectivity index (χ1n) is 9.31. The van der Waals surface area contributed by atoms with Crippen LogP contribution in [0.15, 0.2) is 66.7 Å². The van der Waals surface area contributed by atoms with E-state index in [1.165, 1.54) is 22.2 Å². The Morgan fingerprint density at radius 1 is 0.926 bits per heavy atom. The zero-order valence-electron chi connectivity index (χ0n) is 15.3. The van der Waals surface area contributed by atoms with Crippen LogP contribution >= 0.6 is 0 Å². The predicted octanol–water partition coefficient (Wildman–Crippen LogP) is 4.92. The quantitative estimate of drug-likeness (QED) is 0.517. The molecule has 27 heavy (non-hydrogen) atoms. The van der Waals surface area contributed by atoms with E-state index in [1.807, 2.05) is 35.2 Å². The Balaban J connectivity index is 1.45. The number of aryl methyl sites for hydroxylation is 1. The minimum Gasteiger partial charge on any atom is -0.347 e. The lowest BCUT2D eigenvalue weighted by Gasteiger charge is -2.28. The Morgan fingerprint density at radius 3 is 2.56 bits per heavy atom. The van der Waals surface area contributed by atoms with Gasteiger partial charge in [-0.25, -0.2) is 4.79 Å². The summed E-state index contributed by atoms with van der Waals surface area (Å²) < 4.78 is 2.27. The smallest absolute Gasteiger partial charge is 0.322 e. The summed E-state index contributed by atoms with van der Waals surface area (Å²) in [6.45, 7) is 1.38. The Labute approximate surface area is 158 Å². The minimum absolute atomic E-state index is 0.0371. The zero-order chi connectivity index (χ0) is 18.4. The van der Waals surface area contributed by atoms with Crippen molar-refractivity contribution < 1.29 is 4.79 Å². The number of aromatic nitrogens is 1. The zero-order valence-corrected chi connectivity index (χ0v) is 15.3. The van der Waals surface area contributed by atoms with E-state index in [-0.39, 0.29) is 6.03 Å². The highest BCUT2D eigenvalue weighted by Gasteiger charge is 2.25. The van der Waals surface area contributed by atoms with Gasteiger partial charge in [-0.3, -0.25) is 0 Å². The van der Waals surface area contributed by atoms with Gasteiger partial charge >= 0.3 is 6.03 Å². The third-order valence-electron chi connectivity index (χ3n) is 5.63. The van der Waals surface area contributed by atoms with Crippen LogP contribution in [0.1, 0.15) is 11.3 Å². The molecule has 0 spiro atoms. The number of hydrogen-bond donors (Lipinski definition) is 1. The molecule has 0 unspecified atom stereocenters. The number of nitrogens with one attached hydrogen (secondary N) is 1. The van der Waals surface area contributed by atoms with E-state index < -0.39 is 0 Å². The number of nitrogens with zero attached hydrogens (tertiary/aromatic N) is 2. The number of para-hydroxylation sites is 1. The van der Waals surface area contributed by atoms with Crippen molar-refractivity contribution in [1.82, 2.24) is 9.47 Å². The number of benzene rings is 3. The third kappa shape index (κ3) is 2.56. The number of amides is 2. The highest BCUT2D eigenvalue weighted by atomic mass is 16.2. The normalized spacial score (nSPS) is 13.7. The molecule has 0 aliphatic carbocycles. The lowest BCUT2D eigenvalue weighted by atomic mass is 10.0. The summed E-state index contributed by atoms with van der Waals surface area (Å²) in [7, 11) is 2.12. The van der Waals surface area contributed by atoms with Gasteiger partial charge in [0.25, 0.3) is 0 Å². The van der Waals surface area contributed by atoms with Crippen LogP contribution in [0.4, 0.5) is 10.5 Å². The first kappa shape index (κ1) is 15.9. The molecule has 4 heteroatoms. The molecule has 134 valence electrons. The summed E-state index contributed by atoms with van der Waals surface area (Å²) in [5.41, 5.74) is 4.71. The monoisotopic (exact) mass is 355 g/mol. The molecule has 4 aromatic rings. The number of fused-ring (bicyclic) bond motifs is 4. The van der Waals surface area contributed by atoms with Gasteiger partial charge in [-0.1, -0.05) is 54.6 Å². The largest absolute Gasteiger partial charge is 0.347 e. The molecule has 4 nitrogen and oxygen atoms in total. The lowest BCUT2D eigenvalue weighted by Crippen LogP contribution is -2.39. The van der Waals surface area contributed by atoms with E-state index >= 15 is 0 Å². The number of rotatable bonds is 1. The van der Waals surface area contributed by atoms with Crippen molar-refractivity contribution in [1.29, 1.82) is 0 Å². The molecule has 2 amide bonds. The fraction of sp³-hybridized carbons (Fsp3) is 0.174. The molecule has 0 saturated heterocycles. The maximum Gasteiger partial charge on any atom is 0.322 e. The van der Waals surface area contributed by atoms with Crippen LogP contribution in [-0.2, 0) is 20.0 Å². The molecule has 0 atom stereocenters. The lowest BCUT2D eigenvalue weighted by molar-refractivity contribution is 0.206. The highest BCUT2D eigenvalue weighted by molar-refractivity contribution is 6.01. The molecule has 2 heterocycles. The molecule has 0 fully saturated rings. The Hall–Kier alpha value is -3.27. The van der Waals surface area contributed by atoms with Gasteiger partial charge in [0, 0.05) is 54.1 Å². The van der Waals surface area contributed by atoms with Crippen LogP contribution in [0.3, 0.4) is 0 Å². The van der Waals surface area contributed by atoms with Gasteiger partial charge in [-0.2, -0.15) is 0 Å². The molecule has 0 radical (unpaired) electrons. The maximum absolute atomic E-state index is 13.0. The van der Waals surface area contributed by atoms with Crippen LogP contribution in [0.25, 0.3) is 21.7 Å². The molecule has 1 aliphatic heterocycles. The average Bonchev–Trinajstić information content (AvgIpc) is 3.00. The molecule has 5 rings (SSSR count). The number of carbonyl (C=O) groups is 1. The van der Waals surface area contributed by atoms with Gasteiger partial charge in [0.1, 0.15) is 0 Å². The van der Waals surface area contributed by atoms with E-state index in [1.54, 1.807) is 0 Å². The number of carbonyl (C=O) groups excluding carboxylic acids is 1. The van der Waals surface area contributed by atoms with E-state index in [9.17, 15) is 4.79 Å². The average molecular weight is 355 g/mol. The Kier molecular flexibility index (Phi) is 3.64. The minimum atomic E-state index is -0.0371. The van der Waals surface area contributed by atoms with Crippen LogP contribution in [0.5, 0.6) is 0 Å². The first-order valence-corrected chi connectivity index (χ1v) is 9.31. The molecule has 1 aromatic heterocycles. The summed E-state index contributed by atoms with van der Waals surface area (Å²) >= 11 is 0. The van der Waals surface area contributed by atoms with Gasteiger partial charge in [-0.05, 0) is 17.5 Å². The number of hydrogen-bond acceptors (Lipinski definition) is 1. The van der Waals surface area contributed by atoms with Crippen LogP contribution in [0, 0.1) is 0 Å². The van der Waals surface area contributed by atoms with Crippen molar-refractivity contribution in [3.8, 4) is 0 Å². The number of anilines is 1. The summed E-state index contributed by atoms with van der Waals surface area (Å²) in [5, 5.41) is 6.56. The van der Waals surface area contributed by atoms with Gasteiger partial charge in [-0.15, -0.1) is 0 Å². The summed E-state index contributed by atoms with van der Waals surface area (Å²) in [6.07, 6.45) is 0.878. The summed E-state index contributed by atoms with van der Waals surface area (Å²) in [4.78, 5) is 14.9. The van der Waals surface area contributed by atoms with Gasteiger partial charge in [0.05, 0.1) is 5.69 Å². The maximum atomic E-state index is 13.0. The molecule has 0 bridgehead atoms. The number of urea groups is 1. The van der Waals surface area contributed by atoms with E-state index in [0.717, 1.165) is 29.4 Å². The van der Waals surface area contributed by atoms with Gasteiger partial charge in [0.2, 0.25) is 0 Å². The van der Waals surface area contributed by atoms with Crippen molar-refractivity contribution in [3.05, 3.63) is 78.0 Å². The van der Waals surface area contributed by atoms with Crippen LogP contribution in [-0.4, -0.2) is 22.0 Å². The predicted molar refractivity (Wildman–Crippen MR) is 110 cm³/mol. The van der Waals surface area contributed by atoms with Gasteiger partial charge < -0.3 is 14.8 Å². The Morgan fingerprint density at radius 2 is 1.67 bits per heavy atom. The topological polar surface area (TPSA) is 37.3 Å². The van der Waals surface area contributed by atoms with E-state index in [2.05, 4.69) is 53.3 Å². The van der Waals surface area contributed by atoms with Crippen molar-refractivity contribution in [2.24, 2.45) is 7.05 Å². The van der Waals surface area contributed by atoms with Crippen molar-refractivity contribution in [2.75, 3.05) is 11.9 Å². The molecule has 1 N–H and O–H groups in total. The molecule has 0 saturated carbocycles. The highest BCUT2D eigenvalue weighted by Crippen LogP contribution is 2.30. The fourth-order valence-electron chi connectivity index (χ4n) is 4.23. The molecular formula is C23H21N3O. The van der Waals surface area contributed by atoms with Crippen LogP contribution < -0.4 is 5.32 Å². The van der Waals surface area contributed by atoms with E-state index in [0.29, 0.717) is 6.54 Å². The second-order valence-corrected chi connectivity index (χ2v) is 7.13. The Bertz CT molecular complexity index is 1170. The summed E-state index contributed by atoms with van der Waals surface area (Å²) in [5.74, 6) is 0. The molecule has 1 aliphatic rings. The first-order chi connectivity index (χ1) is 13.2. The van der Waals surface area contributed by atoms with Crippen molar-refractivity contribution in [3.63, 3.8) is 0 Å². The molecule has 3 aromatic carbocycles. The van der Waals surface area contributed by atoms with Crippen molar-refractivity contribution >= 4 is 33.4 Å². The molecular weight excluding hydrogens is 334 g/mol. The van der Waals surface area contributed by atoms with E-state index in [4.69, 9.17) is 0 Å². The second kappa shape index (κ2) is 6.16. The third-order valence-corrected chi connectivity index (χ3v) is 5.63. The van der Waals surface area contributed by atoms with Gasteiger partial charge in [0.15, 0.2) is 0 Å². The fourth-order valence-corrected chi connectivity index (χ4v) is 4.23. The SMILES string of the molecule is Cn1c2c(c3ccccc31)CN(C(=O)Nc1cccc3ccccc13)CC2. The van der Waals surface area contributed by atoms with Crippen molar-refractivity contribution in [2.45, 2.75) is 13.0 Å². The summed E-state index contributed by atoms with van der Waals surface area (Å²) in [6, 6.07) is 22.5. The van der Waals surface area contributed by atoms with Crippen LogP contribution in [0.2, 0.25) is 0 Å². The standard InChI is InChI=1S/C23H21N3O/c1-25-21-12-5-4-10-18(21)19-15-26(14-13-22(19)25)23(27)24-20-11-6-8-16-7-2-3-9-17(16)20/h2-12H,13-15H2,1H3,(H,24,27). The second-order valence-electron chi connectivity index (χ2n) is 7.13.